The van der Waals surface area contributed by atoms with E-state index < -0.39 is 0 Å². The van der Waals surface area contributed by atoms with Gasteiger partial charge in [0.25, 0.3) is 0 Å². The summed E-state index contributed by atoms with van der Waals surface area (Å²) < 4.78 is 19.5. The zero-order chi connectivity index (χ0) is 19.7. The number of aromatic nitrogens is 2. The van der Waals surface area contributed by atoms with Crippen LogP contribution < -0.4 is 15.4 Å². The van der Waals surface area contributed by atoms with Crippen LogP contribution in [0.3, 0.4) is 0 Å². The van der Waals surface area contributed by atoms with Crippen molar-refractivity contribution in [3.05, 3.63) is 41.3 Å². The number of benzene rings is 1. The van der Waals surface area contributed by atoms with E-state index in [0.29, 0.717) is 23.8 Å². The number of nitrogen functional groups attached to an aromatic ring is 1. The van der Waals surface area contributed by atoms with Crippen LogP contribution in [0.25, 0.3) is 0 Å². The standard InChI is InChI=1S/C21H28FN5O/c1-15-10-19(25-20(23)24-15)27-9-7-21(14-27)6-3-8-26(13-21)12-16-11-17(28-2)4-5-18(16)22/h4-5,10-11H,3,6-9,12-14H2,1-2H3,(H2,23,24,25)/t21-/m1/s1. The molecule has 7 heteroatoms. The molecule has 2 aliphatic heterocycles. The molecule has 0 saturated carbocycles. The molecule has 4 rings (SSSR count). The fourth-order valence-electron chi connectivity index (χ4n) is 4.69. The maximum absolute atomic E-state index is 14.3. The summed E-state index contributed by atoms with van der Waals surface area (Å²) in [7, 11) is 1.61. The molecule has 0 unspecified atom stereocenters. The molecule has 2 saturated heterocycles. The van der Waals surface area contributed by atoms with Gasteiger partial charge >= 0.3 is 0 Å². The molecule has 0 radical (unpaired) electrons. The van der Waals surface area contributed by atoms with Crippen LogP contribution in [0.1, 0.15) is 30.5 Å². The fraction of sp³-hybridized carbons (Fsp3) is 0.524. The Kier molecular flexibility index (Phi) is 5.10. The van der Waals surface area contributed by atoms with E-state index in [1.54, 1.807) is 13.2 Å². The largest absolute Gasteiger partial charge is 0.497 e. The molecule has 2 N–H and O–H groups in total. The van der Waals surface area contributed by atoms with Crippen LogP contribution in [0.5, 0.6) is 5.75 Å². The highest BCUT2D eigenvalue weighted by atomic mass is 19.1. The molecule has 28 heavy (non-hydrogen) atoms. The molecule has 1 spiro atoms. The minimum Gasteiger partial charge on any atom is -0.497 e. The van der Waals surface area contributed by atoms with Gasteiger partial charge in [-0.1, -0.05) is 0 Å². The van der Waals surface area contributed by atoms with E-state index in [1.165, 1.54) is 12.5 Å². The number of methoxy groups -OCH3 is 1. The van der Waals surface area contributed by atoms with E-state index >= 15 is 0 Å². The van der Waals surface area contributed by atoms with Crippen LogP contribution in [-0.4, -0.2) is 48.2 Å². The van der Waals surface area contributed by atoms with Crippen LogP contribution in [0.4, 0.5) is 16.2 Å². The van der Waals surface area contributed by atoms with Crippen molar-refractivity contribution in [2.45, 2.75) is 32.7 Å². The van der Waals surface area contributed by atoms with Crippen molar-refractivity contribution in [3.8, 4) is 5.75 Å². The predicted molar refractivity (Wildman–Crippen MR) is 108 cm³/mol. The van der Waals surface area contributed by atoms with Crippen LogP contribution in [0.15, 0.2) is 24.3 Å². The monoisotopic (exact) mass is 385 g/mol. The summed E-state index contributed by atoms with van der Waals surface area (Å²) in [6.07, 6.45) is 3.44. The Morgan fingerprint density at radius 3 is 2.82 bits per heavy atom. The third-order valence-corrected chi connectivity index (χ3v) is 6.01. The smallest absolute Gasteiger partial charge is 0.222 e. The molecular weight excluding hydrogens is 357 g/mol. The van der Waals surface area contributed by atoms with Gasteiger partial charge in [0.2, 0.25) is 5.95 Å². The quantitative estimate of drug-likeness (QED) is 0.873. The number of rotatable bonds is 4. The number of hydrogen-bond acceptors (Lipinski definition) is 6. The minimum absolute atomic E-state index is 0.166. The van der Waals surface area contributed by atoms with Crippen molar-refractivity contribution in [1.29, 1.82) is 0 Å². The Hall–Kier alpha value is -2.41. The Morgan fingerprint density at radius 2 is 2.04 bits per heavy atom. The number of aryl methyl sites for hydroxylation is 1. The van der Waals surface area contributed by atoms with Gasteiger partial charge in [-0.2, -0.15) is 4.98 Å². The zero-order valence-corrected chi connectivity index (χ0v) is 16.6. The molecule has 2 aliphatic rings. The number of likely N-dealkylation sites (tertiary alicyclic amines) is 1. The van der Waals surface area contributed by atoms with Crippen LogP contribution >= 0.6 is 0 Å². The second-order valence-electron chi connectivity index (χ2n) is 8.17. The maximum atomic E-state index is 14.3. The minimum atomic E-state index is -0.166. The Balaban J connectivity index is 1.46. The first kappa shape index (κ1) is 18.9. The first-order valence-electron chi connectivity index (χ1n) is 9.87. The first-order valence-corrected chi connectivity index (χ1v) is 9.87. The van der Waals surface area contributed by atoms with Crippen LogP contribution in [0, 0.1) is 18.2 Å². The van der Waals surface area contributed by atoms with E-state index in [-0.39, 0.29) is 11.2 Å². The van der Waals surface area contributed by atoms with Crippen molar-refractivity contribution in [1.82, 2.24) is 14.9 Å². The molecule has 0 aliphatic carbocycles. The summed E-state index contributed by atoms with van der Waals surface area (Å²) in [6.45, 7) is 6.46. The van der Waals surface area contributed by atoms with Gasteiger partial charge in [-0.05, 0) is 50.9 Å². The lowest BCUT2D eigenvalue weighted by molar-refractivity contribution is 0.0981. The average Bonchev–Trinajstić information content (AvgIpc) is 3.06. The lowest BCUT2D eigenvalue weighted by atomic mass is 9.79. The van der Waals surface area contributed by atoms with Crippen molar-refractivity contribution in [2.75, 3.05) is 43.9 Å². The number of nitrogens with zero attached hydrogens (tertiary/aromatic N) is 4. The Morgan fingerprint density at radius 1 is 1.18 bits per heavy atom. The first-order chi connectivity index (χ1) is 13.5. The van der Waals surface area contributed by atoms with E-state index in [4.69, 9.17) is 10.5 Å². The topological polar surface area (TPSA) is 67.5 Å². The Bertz CT molecular complexity index is 840. The number of halogens is 1. The summed E-state index contributed by atoms with van der Waals surface area (Å²) in [5.74, 6) is 1.78. The molecule has 6 nitrogen and oxygen atoms in total. The highest BCUT2D eigenvalue weighted by Gasteiger charge is 2.41. The second kappa shape index (κ2) is 7.54. The normalized spacial score (nSPS) is 22.8. The zero-order valence-electron chi connectivity index (χ0n) is 16.6. The molecule has 0 bridgehead atoms. The second-order valence-corrected chi connectivity index (χ2v) is 8.17. The van der Waals surface area contributed by atoms with Crippen molar-refractivity contribution < 1.29 is 9.13 Å². The summed E-state index contributed by atoms with van der Waals surface area (Å²) >= 11 is 0. The molecule has 1 atom stereocenters. The number of anilines is 2. The number of piperidine rings is 1. The summed E-state index contributed by atoms with van der Waals surface area (Å²) in [5, 5.41) is 0. The van der Waals surface area contributed by atoms with Gasteiger partial charge in [0, 0.05) is 48.9 Å². The highest BCUT2D eigenvalue weighted by molar-refractivity contribution is 5.45. The van der Waals surface area contributed by atoms with E-state index in [0.717, 1.165) is 50.5 Å². The summed E-state index contributed by atoms with van der Waals surface area (Å²) in [5.41, 5.74) is 7.65. The predicted octanol–water partition coefficient (Wildman–Crippen LogP) is 3.01. The van der Waals surface area contributed by atoms with Crippen molar-refractivity contribution >= 4 is 11.8 Å². The number of nitrogens with two attached hydrogens (primary N) is 1. The summed E-state index contributed by atoms with van der Waals surface area (Å²) in [6, 6.07) is 6.97. The third kappa shape index (κ3) is 3.90. The summed E-state index contributed by atoms with van der Waals surface area (Å²) in [4.78, 5) is 13.3. The average molecular weight is 385 g/mol. The Labute approximate surface area is 165 Å². The lowest BCUT2D eigenvalue weighted by Crippen LogP contribution is -2.44. The van der Waals surface area contributed by atoms with E-state index in [2.05, 4.69) is 19.8 Å². The molecule has 2 fully saturated rings. The van der Waals surface area contributed by atoms with Gasteiger partial charge in [-0.15, -0.1) is 0 Å². The highest BCUT2D eigenvalue weighted by Crippen LogP contribution is 2.41. The van der Waals surface area contributed by atoms with Crippen molar-refractivity contribution in [3.63, 3.8) is 0 Å². The van der Waals surface area contributed by atoms with Gasteiger partial charge < -0.3 is 15.4 Å². The maximum Gasteiger partial charge on any atom is 0.222 e. The van der Waals surface area contributed by atoms with Crippen molar-refractivity contribution in [2.24, 2.45) is 5.41 Å². The SMILES string of the molecule is COc1ccc(F)c(CN2CCC[C@@]3(CCN(c4cc(C)nc(N)n4)C3)C2)c1. The molecule has 0 amide bonds. The third-order valence-electron chi connectivity index (χ3n) is 6.01. The molecule has 1 aromatic heterocycles. The molecule has 2 aromatic rings. The van der Waals surface area contributed by atoms with Crippen LogP contribution in [0.2, 0.25) is 0 Å². The number of ether oxygens (including phenoxy) is 1. The van der Waals surface area contributed by atoms with Gasteiger partial charge in [0.05, 0.1) is 7.11 Å². The van der Waals surface area contributed by atoms with Gasteiger partial charge in [-0.25, -0.2) is 9.37 Å². The molecular formula is C21H28FN5O. The van der Waals surface area contributed by atoms with Gasteiger partial charge in [0.1, 0.15) is 17.4 Å². The molecule has 3 heterocycles. The fourth-order valence-corrected chi connectivity index (χ4v) is 4.69. The lowest BCUT2D eigenvalue weighted by Gasteiger charge is -2.40. The van der Waals surface area contributed by atoms with Gasteiger partial charge in [-0.3, -0.25) is 4.90 Å². The number of hydrogen-bond donors (Lipinski definition) is 1. The molecule has 1 aromatic carbocycles. The van der Waals surface area contributed by atoms with Crippen LogP contribution in [-0.2, 0) is 6.54 Å². The van der Waals surface area contributed by atoms with Gasteiger partial charge in [0.15, 0.2) is 0 Å². The molecule has 150 valence electrons. The van der Waals surface area contributed by atoms with E-state index in [1.807, 2.05) is 19.1 Å². The van der Waals surface area contributed by atoms with E-state index in [9.17, 15) is 4.39 Å².